The summed E-state index contributed by atoms with van der Waals surface area (Å²) in [6, 6.07) is 0. The first-order valence-electron chi connectivity index (χ1n) is 7.14. The van der Waals surface area contributed by atoms with Crippen LogP contribution < -0.4 is 16.0 Å². The first-order valence-corrected chi connectivity index (χ1v) is 7.14. The van der Waals surface area contributed by atoms with Gasteiger partial charge in [0, 0.05) is 25.1 Å². The number of aromatic nitrogens is 2. The van der Waals surface area contributed by atoms with Crippen LogP contribution in [0.3, 0.4) is 0 Å². The maximum atomic E-state index is 11.1. The van der Waals surface area contributed by atoms with Gasteiger partial charge in [-0.1, -0.05) is 6.92 Å². The lowest BCUT2D eigenvalue weighted by molar-refractivity contribution is -0.116. The molecule has 0 unspecified atom stereocenters. The zero-order valence-electron chi connectivity index (χ0n) is 12.4. The molecular weight excluding hydrogens is 254 g/mol. The second kappa shape index (κ2) is 6.07. The van der Waals surface area contributed by atoms with Gasteiger partial charge in [0.15, 0.2) is 0 Å². The molecule has 0 radical (unpaired) electrons. The average Bonchev–Trinajstić information content (AvgIpc) is 3.21. The number of carbonyl (C=O) groups is 1. The third-order valence-corrected chi connectivity index (χ3v) is 3.38. The van der Waals surface area contributed by atoms with Crippen LogP contribution in [0.25, 0.3) is 0 Å². The van der Waals surface area contributed by atoms with Gasteiger partial charge in [-0.3, -0.25) is 4.79 Å². The molecule has 0 saturated heterocycles. The fraction of sp³-hybridized carbons (Fsp3) is 0.643. The Kier molecular flexibility index (Phi) is 4.42. The van der Waals surface area contributed by atoms with Crippen molar-refractivity contribution >= 4 is 17.5 Å². The molecule has 1 aromatic heterocycles. The van der Waals surface area contributed by atoms with Crippen molar-refractivity contribution in [1.29, 1.82) is 0 Å². The second-order valence-electron chi connectivity index (χ2n) is 5.40. The number of nitrogens with zero attached hydrogens (tertiary/aromatic N) is 3. The molecule has 0 bridgehead atoms. The van der Waals surface area contributed by atoms with Crippen molar-refractivity contribution in [2.24, 2.45) is 5.73 Å². The standard InChI is InChI=1S/C14H23N5O/c1-4-7-16-12-9(2)14(19(3)8-11(15)20)18-13(17-12)10-5-6-10/h10H,4-8H2,1-3H3,(H2,15,20)(H,16,17,18). The highest BCUT2D eigenvalue weighted by Gasteiger charge is 2.28. The predicted octanol–water partition coefficient (Wildman–Crippen LogP) is 1.41. The van der Waals surface area contributed by atoms with Crippen LogP contribution >= 0.6 is 0 Å². The molecule has 1 saturated carbocycles. The summed E-state index contributed by atoms with van der Waals surface area (Å²) in [5.74, 6) is 2.65. The number of nitrogens with two attached hydrogens (primary N) is 1. The predicted molar refractivity (Wildman–Crippen MR) is 80.0 cm³/mol. The lowest BCUT2D eigenvalue weighted by Crippen LogP contribution is -2.32. The minimum absolute atomic E-state index is 0.162. The van der Waals surface area contributed by atoms with Crippen LogP contribution in [0, 0.1) is 6.92 Å². The molecule has 3 N–H and O–H groups in total. The maximum absolute atomic E-state index is 11.1. The minimum Gasteiger partial charge on any atom is -0.370 e. The van der Waals surface area contributed by atoms with Crippen molar-refractivity contribution < 1.29 is 4.79 Å². The minimum atomic E-state index is -0.360. The van der Waals surface area contributed by atoms with E-state index in [2.05, 4.69) is 22.2 Å². The van der Waals surface area contributed by atoms with Crippen molar-refractivity contribution in [3.05, 3.63) is 11.4 Å². The summed E-state index contributed by atoms with van der Waals surface area (Å²) in [7, 11) is 1.83. The van der Waals surface area contributed by atoms with Gasteiger partial charge in [-0.15, -0.1) is 0 Å². The molecule has 1 aliphatic rings. The molecule has 2 rings (SSSR count). The van der Waals surface area contributed by atoms with Crippen molar-refractivity contribution in [2.75, 3.05) is 30.4 Å². The van der Waals surface area contributed by atoms with E-state index in [0.29, 0.717) is 5.92 Å². The van der Waals surface area contributed by atoms with Gasteiger partial charge >= 0.3 is 0 Å². The molecule has 1 heterocycles. The highest BCUT2D eigenvalue weighted by atomic mass is 16.1. The lowest BCUT2D eigenvalue weighted by Gasteiger charge is -2.21. The Bertz CT molecular complexity index is 499. The van der Waals surface area contributed by atoms with Crippen LogP contribution in [-0.2, 0) is 4.79 Å². The molecule has 1 aliphatic carbocycles. The fourth-order valence-electron chi connectivity index (χ4n) is 2.14. The topological polar surface area (TPSA) is 84.1 Å². The van der Waals surface area contributed by atoms with Gasteiger partial charge in [0.05, 0.1) is 6.54 Å². The number of likely N-dealkylation sites (N-methyl/N-ethyl adjacent to an activating group) is 1. The molecule has 1 fully saturated rings. The number of primary amides is 1. The molecule has 1 aromatic rings. The SMILES string of the molecule is CCCNc1nc(C2CC2)nc(N(C)CC(N)=O)c1C. The molecule has 110 valence electrons. The number of carbonyl (C=O) groups excluding carboxylic acids is 1. The largest absolute Gasteiger partial charge is 0.370 e. The first-order chi connectivity index (χ1) is 9.52. The maximum Gasteiger partial charge on any atom is 0.236 e. The van der Waals surface area contributed by atoms with Crippen molar-refractivity contribution in [3.8, 4) is 0 Å². The zero-order valence-corrected chi connectivity index (χ0v) is 12.4. The van der Waals surface area contributed by atoms with Crippen LogP contribution in [0.2, 0.25) is 0 Å². The Morgan fingerprint density at radius 2 is 2.15 bits per heavy atom. The molecule has 6 nitrogen and oxygen atoms in total. The van der Waals surface area contributed by atoms with E-state index >= 15 is 0 Å². The van der Waals surface area contributed by atoms with Gasteiger partial charge in [0.2, 0.25) is 5.91 Å². The van der Waals surface area contributed by atoms with E-state index in [1.165, 1.54) is 0 Å². The van der Waals surface area contributed by atoms with E-state index in [9.17, 15) is 4.79 Å². The molecule has 0 atom stereocenters. The highest BCUT2D eigenvalue weighted by molar-refractivity contribution is 5.79. The Balaban J connectivity index is 2.32. The van der Waals surface area contributed by atoms with Crippen molar-refractivity contribution in [3.63, 3.8) is 0 Å². The van der Waals surface area contributed by atoms with Crippen molar-refractivity contribution in [1.82, 2.24) is 9.97 Å². The fourth-order valence-corrected chi connectivity index (χ4v) is 2.14. The molecule has 20 heavy (non-hydrogen) atoms. The number of amides is 1. The molecule has 0 spiro atoms. The Labute approximate surface area is 119 Å². The number of nitrogens with one attached hydrogen (secondary N) is 1. The molecule has 6 heteroatoms. The molecule has 0 aromatic carbocycles. The van der Waals surface area contributed by atoms with Gasteiger partial charge in [0.25, 0.3) is 0 Å². The van der Waals surface area contributed by atoms with E-state index in [1.807, 2.05) is 14.0 Å². The summed E-state index contributed by atoms with van der Waals surface area (Å²) < 4.78 is 0. The summed E-state index contributed by atoms with van der Waals surface area (Å²) in [5.41, 5.74) is 6.23. The lowest BCUT2D eigenvalue weighted by atomic mass is 10.2. The summed E-state index contributed by atoms with van der Waals surface area (Å²) in [6.45, 7) is 5.13. The van der Waals surface area contributed by atoms with Crippen LogP contribution in [-0.4, -0.2) is 36.0 Å². The quantitative estimate of drug-likeness (QED) is 0.787. The number of hydrogen-bond acceptors (Lipinski definition) is 5. The Morgan fingerprint density at radius 1 is 1.45 bits per heavy atom. The third kappa shape index (κ3) is 3.37. The van der Waals surface area contributed by atoms with Crippen molar-refractivity contribution in [2.45, 2.75) is 39.0 Å². The van der Waals surface area contributed by atoms with Crippen LogP contribution in [0.15, 0.2) is 0 Å². The Hall–Kier alpha value is -1.85. The molecular formula is C14H23N5O. The third-order valence-electron chi connectivity index (χ3n) is 3.38. The Morgan fingerprint density at radius 3 is 2.70 bits per heavy atom. The second-order valence-corrected chi connectivity index (χ2v) is 5.40. The van der Waals surface area contributed by atoms with Crippen LogP contribution in [0.1, 0.15) is 43.5 Å². The van der Waals surface area contributed by atoms with Gasteiger partial charge in [-0.25, -0.2) is 9.97 Å². The summed E-state index contributed by atoms with van der Waals surface area (Å²) in [4.78, 5) is 22.1. The van der Waals surface area contributed by atoms with Gasteiger partial charge in [-0.05, 0) is 26.2 Å². The summed E-state index contributed by atoms with van der Waals surface area (Å²) in [6.07, 6.45) is 3.33. The van der Waals surface area contributed by atoms with E-state index in [4.69, 9.17) is 5.73 Å². The van der Waals surface area contributed by atoms with E-state index in [1.54, 1.807) is 4.90 Å². The van der Waals surface area contributed by atoms with Crippen LogP contribution in [0.4, 0.5) is 11.6 Å². The monoisotopic (exact) mass is 277 g/mol. The number of anilines is 2. The molecule has 0 aliphatic heterocycles. The average molecular weight is 277 g/mol. The number of hydrogen-bond donors (Lipinski definition) is 2. The van der Waals surface area contributed by atoms with Gasteiger partial charge in [0.1, 0.15) is 17.5 Å². The van der Waals surface area contributed by atoms with E-state index in [0.717, 1.165) is 48.8 Å². The molecule has 1 amide bonds. The van der Waals surface area contributed by atoms with E-state index < -0.39 is 0 Å². The zero-order chi connectivity index (χ0) is 14.7. The van der Waals surface area contributed by atoms with E-state index in [-0.39, 0.29) is 12.5 Å². The highest BCUT2D eigenvalue weighted by Crippen LogP contribution is 2.39. The van der Waals surface area contributed by atoms with Gasteiger partial charge in [-0.2, -0.15) is 0 Å². The summed E-state index contributed by atoms with van der Waals surface area (Å²) >= 11 is 0. The van der Waals surface area contributed by atoms with Gasteiger partial charge < -0.3 is 16.0 Å². The van der Waals surface area contributed by atoms with Crippen LogP contribution in [0.5, 0.6) is 0 Å². The summed E-state index contributed by atoms with van der Waals surface area (Å²) in [5, 5.41) is 3.34. The first kappa shape index (κ1) is 14.6. The normalized spacial score (nSPS) is 14.2. The smallest absolute Gasteiger partial charge is 0.236 e. The number of rotatable bonds is 7.